The minimum Gasteiger partial charge on any atom is -0.496 e. The van der Waals surface area contributed by atoms with E-state index in [0.717, 1.165) is 22.9 Å². The molecule has 0 spiro atoms. The zero-order valence-electron chi connectivity index (χ0n) is 11.3. The van der Waals surface area contributed by atoms with E-state index in [1.807, 2.05) is 18.2 Å². The molecule has 0 heterocycles. The van der Waals surface area contributed by atoms with E-state index < -0.39 is 0 Å². The summed E-state index contributed by atoms with van der Waals surface area (Å²) in [6.45, 7) is 2.34. The van der Waals surface area contributed by atoms with E-state index in [0.29, 0.717) is 6.04 Å². The van der Waals surface area contributed by atoms with Crippen LogP contribution in [0.3, 0.4) is 0 Å². The van der Waals surface area contributed by atoms with Crippen LogP contribution in [0, 0.1) is 5.92 Å². The van der Waals surface area contributed by atoms with Crippen molar-refractivity contribution in [3.63, 3.8) is 0 Å². The molecule has 3 heteroatoms. The number of nitrogens with one attached hydrogen (secondary N) is 1. The summed E-state index contributed by atoms with van der Waals surface area (Å²) in [5.74, 6) is 1.62. The molecule has 1 saturated carbocycles. The zero-order chi connectivity index (χ0) is 13.0. The fourth-order valence-electron chi connectivity index (χ4n) is 2.63. The predicted octanol–water partition coefficient (Wildman–Crippen LogP) is 3.18. The lowest BCUT2D eigenvalue weighted by Crippen LogP contribution is -2.25. The molecule has 0 radical (unpaired) electrons. The highest BCUT2D eigenvalue weighted by Crippen LogP contribution is 2.28. The first-order valence-corrected chi connectivity index (χ1v) is 6.77. The first-order valence-electron chi connectivity index (χ1n) is 6.77. The van der Waals surface area contributed by atoms with Gasteiger partial charge in [-0.05, 0) is 49.8 Å². The van der Waals surface area contributed by atoms with Gasteiger partial charge in [0.2, 0.25) is 0 Å². The molecule has 0 unspecified atom stereocenters. The van der Waals surface area contributed by atoms with Crippen molar-refractivity contribution in [3.8, 4) is 5.75 Å². The van der Waals surface area contributed by atoms with Gasteiger partial charge in [0.15, 0.2) is 0 Å². The van der Waals surface area contributed by atoms with E-state index in [9.17, 15) is 5.11 Å². The number of aliphatic hydroxyl groups is 1. The number of hydrogen-bond acceptors (Lipinski definition) is 3. The summed E-state index contributed by atoms with van der Waals surface area (Å²) in [6, 6.07) is 6.49. The highest BCUT2D eigenvalue weighted by molar-refractivity contribution is 5.51. The molecule has 0 saturated heterocycles. The Hall–Kier alpha value is -1.22. The van der Waals surface area contributed by atoms with Gasteiger partial charge in [-0.25, -0.2) is 0 Å². The molecular formula is C15H23NO2. The van der Waals surface area contributed by atoms with E-state index in [-0.39, 0.29) is 6.61 Å². The Bertz CT molecular complexity index is 384. The largest absolute Gasteiger partial charge is 0.496 e. The van der Waals surface area contributed by atoms with Crippen LogP contribution in [0.2, 0.25) is 0 Å². The van der Waals surface area contributed by atoms with Crippen LogP contribution in [0.25, 0.3) is 0 Å². The second-order valence-electron chi connectivity index (χ2n) is 5.29. The minimum atomic E-state index is 0.0143. The number of hydrogen-bond donors (Lipinski definition) is 2. The third-order valence-electron chi connectivity index (χ3n) is 3.84. The Morgan fingerprint density at radius 1 is 1.28 bits per heavy atom. The number of rotatable bonds is 4. The number of anilines is 1. The molecule has 18 heavy (non-hydrogen) atoms. The van der Waals surface area contributed by atoms with Gasteiger partial charge >= 0.3 is 0 Å². The van der Waals surface area contributed by atoms with Crippen molar-refractivity contribution in [3.05, 3.63) is 23.8 Å². The summed E-state index contributed by atoms with van der Waals surface area (Å²) in [5.41, 5.74) is 1.92. The molecule has 1 aromatic carbocycles. The molecule has 0 atom stereocenters. The van der Waals surface area contributed by atoms with Gasteiger partial charge in [-0.1, -0.05) is 6.92 Å². The standard InChI is InChI=1S/C15H23NO2/c1-11-3-5-13(6-4-11)16-14-7-8-15(18-2)12(9-14)10-17/h7-9,11,13,16-17H,3-6,10H2,1-2H3. The Morgan fingerprint density at radius 3 is 2.61 bits per heavy atom. The van der Waals surface area contributed by atoms with Gasteiger partial charge in [-0.2, -0.15) is 0 Å². The number of ether oxygens (including phenoxy) is 1. The monoisotopic (exact) mass is 249 g/mol. The van der Waals surface area contributed by atoms with Gasteiger partial charge < -0.3 is 15.2 Å². The Kier molecular flexibility index (Phi) is 4.48. The van der Waals surface area contributed by atoms with Gasteiger partial charge in [-0.15, -0.1) is 0 Å². The third kappa shape index (κ3) is 3.16. The molecule has 1 aliphatic rings. The number of aliphatic hydroxyl groups excluding tert-OH is 1. The van der Waals surface area contributed by atoms with E-state index in [2.05, 4.69) is 12.2 Å². The Morgan fingerprint density at radius 2 is 2.00 bits per heavy atom. The lowest BCUT2D eigenvalue weighted by Gasteiger charge is -2.28. The average molecular weight is 249 g/mol. The Balaban J connectivity index is 2.01. The van der Waals surface area contributed by atoms with Crippen LogP contribution in [0.15, 0.2) is 18.2 Å². The topological polar surface area (TPSA) is 41.5 Å². The fourth-order valence-corrected chi connectivity index (χ4v) is 2.63. The molecule has 1 aromatic rings. The van der Waals surface area contributed by atoms with Gasteiger partial charge in [-0.3, -0.25) is 0 Å². The lowest BCUT2D eigenvalue weighted by molar-refractivity contribution is 0.274. The van der Waals surface area contributed by atoms with E-state index in [1.54, 1.807) is 7.11 Å². The van der Waals surface area contributed by atoms with Crippen LogP contribution in [0.5, 0.6) is 5.75 Å². The number of benzene rings is 1. The highest BCUT2D eigenvalue weighted by Gasteiger charge is 2.18. The molecule has 2 rings (SSSR count). The third-order valence-corrected chi connectivity index (χ3v) is 3.84. The summed E-state index contributed by atoms with van der Waals surface area (Å²) in [4.78, 5) is 0. The molecule has 1 fully saturated rings. The fraction of sp³-hybridized carbons (Fsp3) is 0.600. The van der Waals surface area contributed by atoms with Crippen molar-refractivity contribution in [1.29, 1.82) is 0 Å². The molecule has 1 aliphatic carbocycles. The average Bonchev–Trinajstić information content (AvgIpc) is 2.41. The van der Waals surface area contributed by atoms with E-state index in [4.69, 9.17) is 4.74 Å². The van der Waals surface area contributed by atoms with Crippen molar-refractivity contribution in [2.75, 3.05) is 12.4 Å². The summed E-state index contributed by atoms with van der Waals surface area (Å²) >= 11 is 0. The SMILES string of the molecule is COc1ccc(NC2CCC(C)CC2)cc1CO. The molecule has 100 valence electrons. The molecule has 2 N–H and O–H groups in total. The number of methoxy groups -OCH3 is 1. The quantitative estimate of drug-likeness (QED) is 0.861. The van der Waals surface area contributed by atoms with Crippen molar-refractivity contribution in [2.24, 2.45) is 5.92 Å². The first kappa shape index (κ1) is 13.2. The van der Waals surface area contributed by atoms with Gasteiger partial charge in [0.05, 0.1) is 13.7 Å². The minimum absolute atomic E-state index is 0.0143. The molecule has 0 amide bonds. The van der Waals surface area contributed by atoms with Crippen LogP contribution < -0.4 is 10.1 Å². The molecule has 3 nitrogen and oxygen atoms in total. The maximum Gasteiger partial charge on any atom is 0.124 e. The summed E-state index contributed by atoms with van der Waals surface area (Å²) in [7, 11) is 1.63. The van der Waals surface area contributed by atoms with Gasteiger partial charge in [0, 0.05) is 17.3 Å². The maximum absolute atomic E-state index is 9.31. The van der Waals surface area contributed by atoms with Crippen LogP contribution in [-0.4, -0.2) is 18.3 Å². The van der Waals surface area contributed by atoms with Crippen molar-refractivity contribution in [1.82, 2.24) is 0 Å². The van der Waals surface area contributed by atoms with Crippen LogP contribution in [-0.2, 0) is 6.61 Å². The maximum atomic E-state index is 9.31. The summed E-state index contributed by atoms with van der Waals surface area (Å²) < 4.78 is 5.21. The molecule has 0 aromatic heterocycles. The normalized spacial score (nSPS) is 23.7. The summed E-state index contributed by atoms with van der Waals surface area (Å²) in [6.07, 6.45) is 5.09. The van der Waals surface area contributed by atoms with Crippen molar-refractivity contribution >= 4 is 5.69 Å². The second kappa shape index (κ2) is 6.10. The molecule has 0 bridgehead atoms. The van der Waals surface area contributed by atoms with Crippen molar-refractivity contribution in [2.45, 2.75) is 45.3 Å². The zero-order valence-corrected chi connectivity index (χ0v) is 11.3. The first-order chi connectivity index (χ1) is 8.72. The molecule has 0 aliphatic heterocycles. The van der Waals surface area contributed by atoms with Crippen LogP contribution >= 0.6 is 0 Å². The van der Waals surface area contributed by atoms with Gasteiger partial charge in [0.1, 0.15) is 5.75 Å². The van der Waals surface area contributed by atoms with E-state index in [1.165, 1.54) is 25.7 Å². The summed E-state index contributed by atoms with van der Waals surface area (Å²) in [5, 5.41) is 12.9. The van der Waals surface area contributed by atoms with Crippen LogP contribution in [0.1, 0.15) is 38.2 Å². The smallest absolute Gasteiger partial charge is 0.124 e. The molecular weight excluding hydrogens is 226 g/mol. The van der Waals surface area contributed by atoms with Gasteiger partial charge in [0.25, 0.3) is 0 Å². The van der Waals surface area contributed by atoms with E-state index >= 15 is 0 Å². The van der Waals surface area contributed by atoms with Crippen molar-refractivity contribution < 1.29 is 9.84 Å². The predicted molar refractivity (Wildman–Crippen MR) is 74.0 cm³/mol. The lowest BCUT2D eigenvalue weighted by atomic mass is 9.87. The second-order valence-corrected chi connectivity index (χ2v) is 5.29. The van der Waals surface area contributed by atoms with Crippen LogP contribution in [0.4, 0.5) is 5.69 Å². The Labute approximate surface area is 109 Å². The highest BCUT2D eigenvalue weighted by atomic mass is 16.5.